The number of carboxylic acids is 1. The summed E-state index contributed by atoms with van der Waals surface area (Å²) < 4.78 is 10.5. The summed E-state index contributed by atoms with van der Waals surface area (Å²) in [5.41, 5.74) is 1.23. The van der Waals surface area contributed by atoms with Gasteiger partial charge in [0.1, 0.15) is 5.75 Å². The fourth-order valence-corrected chi connectivity index (χ4v) is 2.82. The first-order chi connectivity index (χ1) is 11.6. The molecule has 0 spiro atoms. The molecule has 0 aromatic heterocycles. The summed E-state index contributed by atoms with van der Waals surface area (Å²) in [6.07, 6.45) is 2.76. The third kappa shape index (κ3) is 5.85. The molecule has 6 nitrogen and oxygen atoms in total. The molecule has 1 aromatic carbocycles. The first-order valence-electron chi connectivity index (χ1n) is 8.32. The number of hydrogen-bond acceptors (Lipinski definition) is 4. The monoisotopic (exact) mass is 335 g/mol. The molecule has 132 valence electrons. The van der Waals surface area contributed by atoms with E-state index in [1.807, 2.05) is 24.3 Å². The van der Waals surface area contributed by atoms with Crippen molar-refractivity contribution in [1.82, 2.24) is 4.90 Å². The number of carbonyl (C=O) groups is 2. The maximum atomic E-state index is 12.2. The lowest BCUT2D eigenvalue weighted by molar-refractivity contribution is -0.147. The number of rotatable bonds is 8. The largest absolute Gasteiger partial charge is 0.497 e. The Labute approximate surface area is 142 Å². The van der Waals surface area contributed by atoms with Gasteiger partial charge in [0.15, 0.2) is 0 Å². The van der Waals surface area contributed by atoms with Crippen molar-refractivity contribution in [2.75, 3.05) is 26.8 Å². The van der Waals surface area contributed by atoms with Gasteiger partial charge in [-0.3, -0.25) is 9.59 Å². The quantitative estimate of drug-likeness (QED) is 0.736. The smallest absolute Gasteiger partial charge is 0.306 e. The number of morpholine rings is 1. The van der Waals surface area contributed by atoms with Crippen LogP contribution in [0.5, 0.6) is 5.75 Å². The van der Waals surface area contributed by atoms with E-state index in [0.29, 0.717) is 26.1 Å². The second-order valence-electron chi connectivity index (χ2n) is 5.99. The van der Waals surface area contributed by atoms with Crippen molar-refractivity contribution >= 4 is 11.9 Å². The van der Waals surface area contributed by atoms with E-state index in [1.165, 1.54) is 5.56 Å². The van der Waals surface area contributed by atoms with Crippen molar-refractivity contribution < 1.29 is 24.2 Å². The highest BCUT2D eigenvalue weighted by Gasteiger charge is 2.25. The molecule has 1 aliphatic rings. The van der Waals surface area contributed by atoms with E-state index in [9.17, 15) is 9.59 Å². The lowest BCUT2D eigenvalue weighted by Crippen LogP contribution is -2.46. The highest BCUT2D eigenvalue weighted by atomic mass is 16.5. The summed E-state index contributed by atoms with van der Waals surface area (Å²) in [5, 5.41) is 8.81. The Morgan fingerprint density at radius 2 is 2.04 bits per heavy atom. The molecule has 6 heteroatoms. The summed E-state index contributed by atoms with van der Waals surface area (Å²) in [7, 11) is 1.65. The van der Waals surface area contributed by atoms with Crippen LogP contribution in [0.2, 0.25) is 0 Å². The van der Waals surface area contributed by atoms with E-state index in [4.69, 9.17) is 14.6 Å². The highest BCUT2D eigenvalue weighted by molar-refractivity contribution is 5.76. The predicted molar refractivity (Wildman–Crippen MR) is 89.1 cm³/mol. The minimum atomic E-state index is -0.895. The molecule has 1 aliphatic heterocycles. The minimum Gasteiger partial charge on any atom is -0.497 e. The fourth-order valence-electron chi connectivity index (χ4n) is 2.82. The third-order valence-corrected chi connectivity index (χ3v) is 4.16. The fraction of sp³-hybridized carbons (Fsp3) is 0.556. The number of unbranched alkanes of at least 4 members (excludes halogenated alkanes) is 1. The van der Waals surface area contributed by atoms with Gasteiger partial charge in [0.05, 0.1) is 26.2 Å². The van der Waals surface area contributed by atoms with Crippen molar-refractivity contribution in [3.63, 3.8) is 0 Å². The molecule has 1 N–H and O–H groups in total. The van der Waals surface area contributed by atoms with Crippen LogP contribution in [0, 0.1) is 0 Å². The molecule has 1 heterocycles. The van der Waals surface area contributed by atoms with Crippen molar-refractivity contribution in [3.8, 4) is 5.75 Å². The minimum absolute atomic E-state index is 0.0543. The topological polar surface area (TPSA) is 76.1 Å². The van der Waals surface area contributed by atoms with Gasteiger partial charge in [-0.05, 0) is 37.0 Å². The normalized spacial score (nSPS) is 17.5. The SMILES string of the molecule is COc1ccc(CCCCC(=O)N2CCOC(CC(=O)O)C2)cc1. The van der Waals surface area contributed by atoms with Crippen molar-refractivity contribution in [2.24, 2.45) is 0 Å². The van der Waals surface area contributed by atoms with Crippen LogP contribution in [0.3, 0.4) is 0 Å². The zero-order valence-corrected chi connectivity index (χ0v) is 14.1. The third-order valence-electron chi connectivity index (χ3n) is 4.16. The summed E-state index contributed by atoms with van der Waals surface area (Å²) in [4.78, 5) is 24.7. The lowest BCUT2D eigenvalue weighted by atomic mass is 10.1. The molecule has 24 heavy (non-hydrogen) atoms. The number of ether oxygens (including phenoxy) is 2. The Hall–Kier alpha value is -2.08. The number of carboxylic acid groups (broad SMARTS) is 1. The van der Waals surface area contributed by atoms with E-state index in [-0.39, 0.29) is 18.4 Å². The van der Waals surface area contributed by atoms with Gasteiger partial charge < -0.3 is 19.5 Å². The standard InChI is InChI=1S/C18H25NO5/c1-23-15-8-6-14(7-9-15)4-2-3-5-17(20)19-10-11-24-16(13-19)12-18(21)22/h6-9,16H,2-5,10-13H2,1H3,(H,21,22). The van der Waals surface area contributed by atoms with E-state index < -0.39 is 5.97 Å². The molecule has 1 atom stereocenters. The molecule has 1 fully saturated rings. The summed E-state index contributed by atoms with van der Waals surface area (Å²) in [6.45, 7) is 1.34. The van der Waals surface area contributed by atoms with Gasteiger partial charge in [-0.2, -0.15) is 0 Å². The Morgan fingerprint density at radius 3 is 2.71 bits per heavy atom. The zero-order valence-electron chi connectivity index (χ0n) is 14.1. The number of aliphatic carboxylic acids is 1. The van der Waals surface area contributed by atoms with Crippen molar-refractivity contribution in [2.45, 2.75) is 38.2 Å². The average Bonchev–Trinajstić information content (AvgIpc) is 2.58. The second kappa shape index (κ2) is 9.27. The summed E-state index contributed by atoms with van der Waals surface area (Å²) in [5.74, 6) is 0.0365. The summed E-state index contributed by atoms with van der Waals surface area (Å²) >= 11 is 0. The van der Waals surface area contributed by atoms with Crippen molar-refractivity contribution in [3.05, 3.63) is 29.8 Å². The van der Waals surface area contributed by atoms with E-state index in [2.05, 4.69) is 0 Å². The van der Waals surface area contributed by atoms with Gasteiger partial charge in [0.25, 0.3) is 0 Å². The van der Waals surface area contributed by atoms with E-state index in [0.717, 1.165) is 25.0 Å². The number of benzene rings is 1. The van der Waals surface area contributed by atoms with Crippen LogP contribution >= 0.6 is 0 Å². The van der Waals surface area contributed by atoms with Crippen LogP contribution in [0.25, 0.3) is 0 Å². The van der Waals surface area contributed by atoms with Crippen LogP contribution in [-0.4, -0.2) is 54.8 Å². The average molecular weight is 335 g/mol. The second-order valence-corrected chi connectivity index (χ2v) is 5.99. The Balaban J connectivity index is 1.67. The Kier molecular flexibility index (Phi) is 7.06. The van der Waals surface area contributed by atoms with Crippen LogP contribution in [0.4, 0.5) is 0 Å². The van der Waals surface area contributed by atoms with Gasteiger partial charge >= 0.3 is 5.97 Å². The molecule has 1 amide bonds. The van der Waals surface area contributed by atoms with E-state index in [1.54, 1.807) is 12.0 Å². The number of aryl methyl sites for hydroxylation is 1. The molecular weight excluding hydrogens is 310 g/mol. The van der Waals surface area contributed by atoms with Gasteiger partial charge in [0.2, 0.25) is 5.91 Å². The van der Waals surface area contributed by atoms with Gasteiger partial charge in [0, 0.05) is 19.5 Å². The van der Waals surface area contributed by atoms with E-state index >= 15 is 0 Å². The van der Waals surface area contributed by atoms with Crippen LogP contribution in [0.1, 0.15) is 31.2 Å². The van der Waals surface area contributed by atoms with Crippen LogP contribution in [-0.2, 0) is 20.7 Å². The lowest BCUT2D eigenvalue weighted by Gasteiger charge is -2.32. The van der Waals surface area contributed by atoms with Gasteiger partial charge in [-0.25, -0.2) is 0 Å². The maximum absolute atomic E-state index is 12.2. The van der Waals surface area contributed by atoms with Crippen LogP contribution < -0.4 is 4.74 Å². The number of carbonyl (C=O) groups excluding carboxylic acids is 1. The summed E-state index contributed by atoms with van der Waals surface area (Å²) in [6, 6.07) is 7.96. The Bertz CT molecular complexity index is 543. The zero-order chi connectivity index (χ0) is 17.4. The Morgan fingerprint density at radius 1 is 1.29 bits per heavy atom. The first-order valence-corrected chi connectivity index (χ1v) is 8.32. The number of hydrogen-bond donors (Lipinski definition) is 1. The molecular formula is C18H25NO5. The molecule has 0 aliphatic carbocycles. The molecule has 1 saturated heterocycles. The first kappa shape index (κ1) is 18.3. The number of methoxy groups -OCH3 is 1. The molecule has 0 radical (unpaired) electrons. The molecule has 2 rings (SSSR count). The molecule has 1 aromatic rings. The van der Waals surface area contributed by atoms with Gasteiger partial charge in [-0.15, -0.1) is 0 Å². The van der Waals surface area contributed by atoms with Crippen LogP contribution in [0.15, 0.2) is 24.3 Å². The number of amides is 1. The molecule has 1 unspecified atom stereocenters. The number of nitrogens with zero attached hydrogens (tertiary/aromatic N) is 1. The predicted octanol–water partition coefficient (Wildman–Crippen LogP) is 2.11. The molecule has 0 bridgehead atoms. The van der Waals surface area contributed by atoms with Gasteiger partial charge in [-0.1, -0.05) is 12.1 Å². The van der Waals surface area contributed by atoms with Crippen molar-refractivity contribution in [1.29, 1.82) is 0 Å². The maximum Gasteiger partial charge on any atom is 0.306 e. The molecule has 0 saturated carbocycles. The highest BCUT2D eigenvalue weighted by Crippen LogP contribution is 2.15.